The van der Waals surface area contributed by atoms with E-state index in [2.05, 4.69) is 20.6 Å². The summed E-state index contributed by atoms with van der Waals surface area (Å²) in [5, 5.41) is 15.6. The predicted molar refractivity (Wildman–Crippen MR) is 129 cm³/mol. The molecule has 1 saturated carbocycles. The van der Waals surface area contributed by atoms with Gasteiger partial charge in [0.15, 0.2) is 0 Å². The van der Waals surface area contributed by atoms with Crippen LogP contribution in [0.2, 0.25) is 0 Å². The number of carbonyl (C=O) groups is 1. The van der Waals surface area contributed by atoms with Gasteiger partial charge in [-0.2, -0.15) is 0 Å². The number of aliphatic hydroxyl groups excluding tert-OH is 1. The summed E-state index contributed by atoms with van der Waals surface area (Å²) >= 11 is 0. The average molecular weight is 456 g/mol. The van der Waals surface area contributed by atoms with Crippen LogP contribution < -0.4 is 15.4 Å². The van der Waals surface area contributed by atoms with Crippen molar-refractivity contribution in [2.45, 2.75) is 24.8 Å². The SMILES string of the molecule is O=C(NC(CO)c1ccccc1)Oc1cc(-c2nc(Nc3ccccc3)ncc2C2CC2)c[nH]1. The van der Waals surface area contributed by atoms with E-state index in [9.17, 15) is 9.90 Å². The van der Waals surface area contributed by atoms with Crippen LogP contribution in [0, 0.1) is 0 Å². The molecule has 1 unspecified atom stereocenters. The van der Waals surface area contributed by atoms with Crippen LogP contribution >= 0.6 is 0 Å². The molecule has 1 aliphatic rings. The smallest absolute Gasteiger partial charge is 0.394 e. The number of anilines is 2. The number of hydrogen-bond acceptors (Lipinski definition) is 6. The molecule has 2 heterocycles. The Balaban J connectivity index is 1.32. The number of aromatic amines is 1. The Morgan fingerprint density at radius 3 is 2.56 bits per heavy atom. The number of carbonyl (C=O) groups excluding carboxylic acids is 1. The highest BCUT2D eigenvalue weighted by molar-refractivity contribution is 5.72. The third-order valence-electron chi connectivity index (χ3n) is 5.67. The Morgan fingerprint density at radius 1 is 1.12 bits per heavy atom. The highest BCUT2D eigenvalue weighted by Crippen LogP contribution is 2.44. The average Bonchev–Trinajstić information content (AvgIpc) is 3.62. The molecule has 2 aromatic heterocycles. The van der Waals surface area contributed by atoms with Gasteiger partial charge in [-0.1, -0.05) is 48.5 Å². The van der Waals surface area contributed by atoms with E-state index in [0.717, 1.165) is 40.9 Å². The first kappa shape index (κ1) is 21.7. The summed E-state index contributed by atoms with van der Waals surface area (Å²) in [6, 6.07) is 20.2. The van der Waals surface area contributed by atoms with Crippen molar-refractivity contribution in [3.8, 4) is 17.1 Å². The molecule has 1 fully saturated rings. The molecule has 1 aliphatic carbocycles. The van der Waals surface area contributed by atoms with Crippen LogP contribution in [-0.2, 0) is 0 Å². The van der Waals surface area contributed by atoms with E-state index in [-0.39, 0.29) is 12.5 Å². The number of amides is 1. The van der Waals surface area contributed by atoms with Crippen LogP contribution in [0.5, 0.6) is 5.88 Å². The zero-order valence-corrected chi connectivity index (χ0v) is 18.4. The zero-order chi connectivity index (χ0) is 23.3. The fourth-order valence-electron chi connectivity index (χ4n) is 3.79. The van der Waals surface area contributed by atoms with Crippen molar-refractivity contribution in [2.24, 2.45) is 0 Å². The lowest BCUT2D eigenvalue weighted by molar-refractivity contribution is 0.182. The minimum absolute atomic E-state index is 0.238. The molecule has 8 heteroatoms. The van der Waals surface area contributed by atoms with Gasteiger partial charge < -0.3 is 25.5 Å². The summed E-state index contributed by atoms with van der Waals surface area (Å²) in [4.78, 5) is 24.7. The Kier molecular flexibility index (Phi) is 6.22. The van der Waals surface area contributed by atoms with Crippen LogP contribution in [0.1, 0.15) is 35.9 Å². The number of H-pyrrole nitrogens is 1. The van der Waals surface area contributed by atoms with E-state index in [1.165, 1.54) is 0 Å². The van der Waals surface area contributed by atoms with Crippen LogP contribution in [0.4, 0.5) is 16.4 Å². The van der Waals surface area contributed by atoms with Gasteiger partial charge in [0.2, 0.25) is 11.8 Å². The summed E-state index contributed by atoms with van der Waals surface area (Å²) in [7, 11) is 0. The molecule has 0 saturated heterocycles. The molecule has 0 radical (unpaired) electrons. The summed E-state index contributed by atoms with van der Waals surface area (Å²) < 4.78 is 5.44. The molecule has 2 aromatic carbocycles. The normalized spacial score (nSPS) is 13.8. The quantitative estimate of drug-likeness (QED) is 0.300. The number of rotatable bonds is 8. The topological polar surface area (TPSA) is 112 Å². The van der Waals surface area contributed by atoms with Crippen molar-refractivity contribution in [2.75, 3.05) is 11.9 Å². The van der Waals surface area contributed by atoms with E-state index in [4.69, 9.17) is 9.72 Å². The van der Waals surface area contributed by atoms with Crippen LogP contribution in [-0.4, -0.2) is 32.8 Å². The maximum absolute atomic E-state index is 12.4. The second-order valence-electron chi connectivity index (χ2n) is 8.20. The third-order valence-corrected chi connectivity index (χ3v) is 5.67. The fraction of sp³-hybridized carbons (Fsp3) is 0.192. The first-order valence-electron chi connectivity index (χ1n) is 11.2. The van der Waals surface area contributed by atoms with Gasteiger partial charge in [-0.3, -0.25) is 0 Å². The lowest BCUT2D eigenvalue weighted by Crippen LogP contribution is -2.33. The minimum atomic E-state index is -0.659. The molecular weight excluding hydrogens is 430 g/mol. The number of para-hydroxylation sites is 1. The van der Waals surface area contributed by atoms with E-state index < -0.39 is 12.1 Å². The molecule has 1 amide bonds. The number of aromatic nitrogens is 3. The summed E-state index contributed by atoms with van der Waals surface area (Å²) in [6.07, 6.45) is 5.20. The standard InChI is InChI=1S/C26H25N5O3/c32-16-22(18-7-3-1-4-8-18)30-26(33)34-23-13-19(14-27-23)24-21(17-11-12-17)15-28-25(31-24)29-20-9-5-2-6-10-20/h1-10,13-15,17,22,27,32H,11-12,16H2,(H,30,33)(H,28,29,31). The second-order valence-corrected chi connectivity index (χ2v) is 8.20. The number of nitrogens with zero attached hydrogens (tertiary/aromatic N) is 2. The van der Waals surface area contributed by atoms with Gasteiger partial charge in [-0.25, -0.2) is 14.8 Å². The van der Waals surface area contributed by atoms with Crippen LogP contribution in [0.15, 0.2) is 79.1 Å². The second kappa shape index (κ2) is 9.76. The first-order chi connectivity index (χ1) is 16.7. The summed E-state index contributed by atoms with van der Waals surface area (Å²) in [5.41, 5.74) is 4.39. The van der Waals surface area contributed by atoms with Gasteiger partial charge in [0.25, 0.3) is 0 Å². The summed E-state index contributed by atoms with van der Waals surface area (Å²) in [5.74, 6) is 1.23. The number of nitrogens with one attached hydrogen (secondary N) is 3. The van der Waals surface area contributed by atoms with Crippen molar-refractivity contribution in [1.29, 1.82) is 0 Å². The van der Waals surface area contributed by atoms with Gasteiger partial charge >= 0.3 is 6.09 Å². The van der Waals surface area contributed by atoms with Gasteiger partial charge in [-0.15, -0.1) is 0 Å². The largest absolute Gasteiger partial charge is 0.414 e. The fourth-order valence-corrected chi connectivity index (χ4v) is 3.79. The van der Waals surface area contributed by atoms with Crippen molar-refractivity contribution in [1.82, 2.24) is 20.3 Å². The highest BCUT2D eigenvalue weighted by atomic mass is 16.6. The van der Waals surface area contributed by atoms with E-state index in [0.29, 0.717) is 11.9 Å². The molecule has 0 aliphatic heterocycles. The van der Waals surface area contributed by atoms with Crippen molar-refractivity contribution in [3.05, 3.63) is 90.3 Å². The Bertz CT molecular complexity index is 1260. The van der Waals surface area contributed by atoms with E-state index in [1.54, 1.807) is 12.3 Å². The Labute approximate surface area is 197 Å². The molecule has 34 heavy (non-hydrogen) atoms. The van der Waals surface area contributed by atoms with E-state index in [1.807, 2.05) is 66.9 Å². The molecule has 4 N–H and O–H groups in total. The maximum atomic E-state index is 12.4. The minimum Gasteiger partial charge on any atom is -0.394 e. The summed E-state index contributed by atoms with van der Waals surface area (Å²) in [6.45, 7) is -0.238. The molecule has 0 spiro atoms. The Hall–Kier alpha value is -4.17. The van der Waals surface area contributed by atoms with Crippen LogP contribution in [0.25, 0.3) is 11.3 Å². The van der Waals surface area contributed by atoms with Gasteiger partial charge in [-0.05, 0) is 36.5 Å². The van der Waals surface area contributed by atoms with Crippen molar-refractivity contribution < 1.29 is 14.6 Å². The molecular formula is C26H25N5O3. The molecule has 5 rings (SSSR count). The monoisotopic (exact) mass is 455 g/mol. The molecule has 4 aromatic rings. The predicted octanol–water partition coefficient (Wildman–Crippen LogP) is 4.91. The molecule has 8 nitrogen and oxygen atoms in total. The molecule has 0 bridgehead atoms. The third kappa shape index (κ3) is 5.07. The zero-order valence-electron chi connectivity index (χ0n) is 18.4. The Morgan fingerprint density at radius 2 is 1.85 bits per heavy atom. The number of benzene rings is 2. The number of hydrogen-bond donors (Lipinski definition) is 4. The van der Waals surface area contributed by atoms with Crippen molar-refractivity contribution >= 4 is 17.7 Å². The molecule has 1 atom stereocenters. The maximum Gasteiger partial charge on any atom is 0.414 e. The first-order valence-corrected chi connectivity index (χ1v) is 11.2. The number of aliphatic hydroxyl groups is 1. The van der Waals surface area contributed by atoms with Gasteiger partial charge in [0.1, 0.15) is 0 Å². The van der Waals surface area contributed by atoms with Gasteiger partial charge in [0, 0.05) is 35.3 Å². The highest BCUT2D eigenvalue weighted by Gasteiger charge is 2.28. The van der Waals surface area contributed by atoms with Gasteiger partial charge in [0.05, 0.1) is 18.3 Å². The lowest BCUT2D eigenvalue weighted by atomic mass is 10.1. The van der Waals surface area contributed by atoms with Crippen molar-refractivity contribution in [3.63, 3.8) is 0 Å². The van der Waals surface area contributed by atoms with E-state index >= 15 is 0 Å². The molecule has 172 valence electrons. The lowest BCUT2D eigenvalue weighted by Gasteiger charge is -2.15. The number of ether oxygens (including phenoxy) is 1. The van der Waals surface area contributed by atoms with Crippen LogP contribution in [0.3, 0.4) is 0 Å².